The predicted molar refractivity (Wildman–Crippen MR) is 134 cm³/mol. The summed E-state index contributed by atoms with van der Waals surface area (Å²) in [6, 6.07) is 32.8. The van der Waals surface area contributed by atoms with Gasteiger partial charge in [-0.2, -0.15) is 0 Å². The molecule has 4 aromatic carbocycles. The summed E-state index contributed by atoms with van der Waals surface area (Å²) >= 11 is 0. The molecule has 0 spiro atoms. The summed E-state index contributed by atoms with van der Waals surface area (Å²) in [6.07, 6.45) is -0.799. The van der Waals surface area contributed by atoms with Gasteiger partial charge in [-0.1, -0.05) is 72.8 Å². The van der Waals surface area contributed by atoms with Crippen LogP contribution in [0.1, 0.15) is 38.0 Å². The van der Waals surface area contributed by atoms with Crippen molar-refractivity contribution >= 4 is 11.8 Å². The Balaban J connectivity index is 1.58. The molecule has 0 aliphatic heterocycles. The largest absolute Gasteiger partial charge is 0.493 e. The molecule has 0 saturated carbocycles. The Kier molecular flexibility index (Phi) is 7.76. The summed E-state index contributed by atoms with van der Waals surface area (Å²) in [7, 11) is 1.55. The van der Waals surface area contributed by atoms with E-state index < -0.39 is 6.17 Å². The molecule has 0 aliphatic carbocycles. The Hall–Kier alpha value is -4.58. The van der Waals surface area contributed by atoms with Crippen molar-refractivity contribution < 1.29 is 19.1 Å². The number of hydrogen-bond acceptors (Lipinski definition) is 4. The van der Waals surface area contributed by atoms with Crippen LogP contribution in [0.25, 0.3) is 0 Å². The normalized spacial score (nSPS) is 10.5. The highest BCUT2D eigenvalue weighted by molar-refractivity contribution is 5.96. The molecule has 2 amide bonds. The molecule has 176 valence electrons. The van der Waals surface area contributed by atoms with Crippen LogP contribution >= 0.6 is 0 Å². The first-order chi connectivity index (χ1) is 17.1. The van der Waals surface area contributed by atoms with E-state index in [1.54, 1.807) is 73.8 Å². The predicted octanol–water partition coefficient (Wildman–Crippen LogP) is 5.13. The summed E-state index contributed by atoms with van der Waals surface area (Å²) in [4.78, 5) is 25.8. The first-order valence-electron chi connectivity index (χ1n) is 11.2. The Morgan fingerprint density at radius 1 is 0.686 bits per heavy atom. The number of amides is 2. The first-order valence-corrected chi connectivity index (χ1v) is 11.2. The minimum Gasteiger partial charge on any atom is -0.493 e. The van der Waals surface area contributed by atoms with Gasteiger partial charge in [-0.05, 0) is 47.5 Å². The molecule has 6 nitrogen and oxygen atoms in total. The number of carbonyl (C=O) groups is 2. The van der Waals surface area contributed by atoms with E-state index in [1.807, 2.05) is 42.5 Å². The van der Waals surface area contributed by atoms with Crippen molar-refractivity contribution in [1.29, 1.82) is 0 Å². The van der Waals surface area contributed by atoms with Gasteiger partial charge in [0.05, 0.1) is 7.11 Å². The zero-order valence-electron chi connectivity index (χ0n) is 19.3. The van der Waals surface area contributed by atoms with Crippen molar-refractivity contribution in [2.45, 2.75) is 12.8 Å². The van der Waals surface area contributed by atoms with Gasteiger partial charge in [-0.3, -0.25) is 9.59 Å². The highest BCUT2D eigenvalue weighted by Crippen LogP contribution is 2.31. The van der Waals surface area contributed by atoms with Gasteiger partial charge >= 0.3 is 0 Å². The number of rotatable bonds is 9. The van der Waals surface area contributed by atoms with Crippen LogP contribution < -0.4 is 20.1 Å². The van der Waals surface area contributed by atoms with E-state index in [9.17, 15) is 9.59 Å². The van der Waals surface area contributed by atoms with Crippen molar-refractivity contribution in [2.75, 3.05) is 7.11 Å². The lowest BCUT2D eigenvalue weighted by Crippen LogP contribution is -2.41. The third-order valence-corrected chi connectivity index (χ3v) is 5.38. The molecule has 0 heterocycles. The van der Waals surface area contributed by atoms with Gasteiger partial charge in [0, 0.05) is 11.1 Å². The van der Waals surface area contributed by atoms with E-state index in [2.05, 4.69) is 10.6 Å². The maximum Gasteiger partial charge on any atom is 0.253 e. The maximum absolute atomic E-state index is 12.9. The summed E-state index contributed by atoms with van der Waals surface area (Å²) < 4.78 is 11.5. The zero-order valence-corrected chi connectivity index (χ0v) is 19.3. The molecule has 6 heteroatoms. The van der Waals surface area contributed by atoms with Crippen molar-refractivity contribution in [3.63, 3.8) is 0 Å². The maximum atomic E-state index is 12.9. The van der Waals surface area contributed by atoms with Crippen LogP contribution in [0.15, 0.2) is 109 Å². The standard InChI is InChI=1S/C29H26N2O4/c1-34-26-19-24(17-18-25(26)35-20-21-11-5-2-6-12-21)27(30-28(32)22-13-7-3-8-14-22)31-29(33)23-15-9-4-10-16-23/h2-19,27H,20H2,1H3,(H,30,32)(H,31,33). The van der Waals surface area contributed by atoms with Gasteiger partial charge in [-0.15, -0.1) is 0 Å². The van der Waals surface area contributed by atoms with E-state index in [0.29, 0.717) is 34.8 Å². The molecule has 0 aromatic heterocycles. The molecule has 0 saturated heterocycles. The summed E-state index contributed by atoms with van der Waals surface area (Å²) in [5.41, 5.74) is 2.65. The second-order valence-electron chi connectivity index (χ2n) is 7.80. The Bertz CT molecular complexity index is 1210. The Morgan fingerprint density at radius 3 is 1.71 bits per heavy atom. The second kappa shape index (κ2) is 11.5. The van der Waals surface area contributed by atoms with Gasteiger partial charge in [0.2, 0.25) is 0 Å². The van der Waals surface area contributed by atoms with Crippen LogP contribution in [-0.2, 0) is 6.61 Å². The number of methoxy groups -OCH3 is 1. The molecule has 0 radical (unpaired) electrons. The fourth-order valence-electron chi connectivity index (χ4n) is 3.53. The SMILES string of the molecule is COc1cc(C(NC(=O)c2ccccc2)NC(=O)c2ccccc2)ccc1OCc1ccccc1. The van der Waals surface area contributed by atoms with Gasteiger partial charge in [0.25, 0.3) is 11.8 Å². The smallest absolute Gasteiger partial charge is 0.253 e. The van der Waals surface area contributed by atoms with Crippen LogP contribution in [0.4, 0.5) is 0 Å². The van der Waals surface area contributed by atoms with E-state index in [0.717, 1.165) is 5.56 Å². The van der Waals surface area contributed by atoms with E-state index in [-0.39, 0.29) is 11.8 Å². The lowest BCUT2D eigenvalue weighted by atomic mass is 10.1. The lowest BCUT2D eigenvalue weighted by Gasteiger charge is -2.22. The van der Waals surface area contributed by atoms with Gasteiger partial charge < -0.3 is 20.1 Å². The highest BCUT2D eigenvalue weighted by atomic mass is 16.5. The van der Waals surface area contributed by atoms with E-state index in [4.69, 9.17) is 9.47 Å². The summed E-state index contributed by atoms with van der Waals surface area (Å²) in [5, 5.41) is 5.82. The monoisotopic (exact) mass is 466 g/mol. The van der Waals surface area contributed by atoms with Crippen LogP contribution in [-0.4, -0.2) is 18.9 Å². The average Bonchev–Trinajstić information content (AvgIpc) is 2.93. The second-order valence-corrected chi connectivity index (χ2v) is 7.80. The molecular formula is C29H26N2O4. The molecule has 2 N–H and O–H groups in total. The van der Waals surface area contributed by atoms with Crippen molar-refractivity contribution in [3.8, 4) is 11.5 Å². The van der Waals surface area contributed by atoms with Crippen LogP contribution in [0.3, 0.4) is 0 Å². The van der Waals surface area contributed by atoms with E-state index in [1.165, 1.54) is 0 Å². The summed E-state index contributed by atoms with van der Waals surface area (Å²) in [6.45, 7) is 0.384. The molecular weight excluding hydrogens is 440 g/mol. The molecule has 4 rings (SSSR count). The van der Waals surface area contributed by atoms with Crippen LogP contribution in [0.2, 0.25) is 0 Å². The fourth-order valence-corrected chi connectivity index (χ4v) is 3.53. The van der Waals surface area contributed by atoms with Crippen molar-refractivity contribution in [1.82, 2.24) is 10.6 Å². The molecule has 4 aromatic rings. The molecule has 0 bridgehead atoms. The molecule has 0 unspecified atom stereocenters. The minimum atomic E-state index is -0.799. The average molecular weight is 467 g/mol. The fraction of sp³-hybridized carbons (Fsp3) is 0.103. The van der Waals surface area contributed by atoms with Gasteiger partial charge in [-0.25, -0.2) is 0 Å². The third kappa shape index (κ3) is 6.26. The van der Waals surface area contributed by atoms with Crippen LogP contribution in [0.5, 0.6) is 11.5 Å². The molecule has 35 heavy (non-hydrogen) atoms. The van der Waals surface area contributed by atoms with Crippen LogP contribution in [0, 0.1) is 0 Å². The third-order valence-electron chi connectivity index (χ3n) is 5.38. The molecule has 0 atom stereocenters. The first kappa shape index (κ1) is 23.6. The quantitative estimate of drug-likeness (QED) is 0.335. The van der Waals surface area contributed by atoms with E-state index >= 15 is 0 Å². The molecule has 0 fully saturated rings. The number of carbonyl (C=O) groups excluding carboxylic acids is 2. The van der Waals surface area contributed by atoms with Gasteiger partial charge in [0.15, 0.2) is 11.5 Å². The topological polar surface area (TPSA) is 76.7 Å². The number of hydrogen-bond donors (Lipinski definition) is 2. The number of nitrogens with one attached hydrogen (secondary N) is 2. The number of ether oxygens (including phenoxy) is 2. The minimum absolute atomic E-state index is 0.313. The summed E-state index contributed by atoms with van der Waals surface area (Å²) in [5.74, 6) is 0.425. The van der Waals surface area contributed by atoms with Crippen molar-refractivity contribution in [2.24, 2.45) is 0 Å². The highest BCUT2D eigenvalue weighted by Gasteiger charge is 2.21. The number of benzene rings is 4. The lowest BCUT2D eigenvalue weighted by molar-refractivity contribution is 0.0883. The van der Waals surface area contributed by atoms with Crippen molar-refractivity contribution in [3.05, 3.63) is 131 Å². The Labute approximate surface area is 204 Å². The molecule has 0 aliphatic rings. The zero-order chi connectivity index (χ0) is 24.5. The van der Waals surface area contributed by atoms with Gasteiger partial charge in [0.1, 0.15) is 12.8 Å². The Morgan fingerprint density at radius 2 is 1.20 bits per heavy atom.